The fraction of sp³-hybridized carbons (Fsp3) is 0.389. The fourth-order valence-corrected chi connectivity index (χ4v) is 3.03. The molecule has 0 spiro atoms. The molecule has 3 nitrogen and oxygen atoms in total. The number of fused-ring (bicyclic) bond motifs is 1. The van der Waals surface area contributed by atoms with Crippen LogP contribution in [0.25, 0.3) is 0 Å². The molecule has 0 saturated heterocycles. The Bertz CT molecular complexity index is 623. The zero-order chi connectivity index (χ0) is 14.8. The summed E-state index contributed by atoms with van der Waals surface area (Å²) in [4.78, 5) is 6.97. The van der Waals surface area contributed by atoms with Gasteiger partial charge in [-0.05, 0) is 55.6 Å². The number of anilines is 2. The summed E-state index contributed by atoms with van der Waals surface area (Å²) >= 11 is 0. The summed E-state index contributed by atoms with van der Waals surface area (Å²) in [5, 5.41) is 3.29. The topological polar surface area (TPSA) is 28.2 Å². The van der Waals surface area contributed by atoms with E-state index in [1.165, 1.54) is 16.8 Å². The number of hydrogen-bond donors (Lipinski definition) is 1. The molecule has 0 amide bonds. The third kappa shape index (κ3) is 2.79. The van der Waals surface area contributed by atoms with Crippen molar-refractivity contribution in [3.8, 4) is 0 Å². The molecule has 2 atom stereocenters. The number of nitrogens with zero attached hydrogens (tertiary/aromatic N) is 2. The molecular weight excluding hydrogens is 258 g/mol. The molecule has 2 unspecified atom stereocenters. The molecule has 21 heavy (non-hydrogen) atoms. The molecule has 2 heterocycles. The Morgan fingerprint density at radius 2 is 2.10 bits per heavy atom. The maximum atomic E-state index is 4.61. The monoisotopic (exact) mass is 281 g/mol. The largest absolute Gasteiger partial charge is 0.326 e. The summed E-state index contributed by atoms with van der Waals surface area (Å²) in [7, 11) is 1.99. The third-order valence-electron chi connectivity index (χ3n) is 4.32. The Labute approximate surface area is 127 Å². The summed E-state index contributed by atoms with van der Waals surface area (Å²) in [5.41, 5.74) is 4.00. The summed E-state index contributed by atoms with van der Waals surface area (Å²) in [6.07, 6.45) is 3.07. The Hall–Kier alpha value is -1.87. The first-order chi connectivity index (χ1) is 10.2. The number of para-hydroxylation sites is 1. The van der Waals surface area contributed by atoms with E-state index in [2.05, 4.69) is 65.4 Å². The first kappa shape index (κ1) is 14.1. The van der Waals surface area contributed by atoms with Crippen LogP contribution in [0.4, 0.5) is 11.5 Å². The van der Waals surface area contributed by atoms with Crippen LogP contribution in [0, 0.1) is 5.92 Å². The molecule has 0 bridgehead atoms. The highest BCUT2D eigenvalue weighted by Gasteiger charge is 2.23. The van der Waals surface area contributed by atoms with Gasteiger partial charge in [0.1, 0.15) is 5.82 Å². The van der Waals surface area contributed by atoms with Crippen molar-refractivity contribution >= 4 is 11.5 Å². The quantitative estimate of drug-likeness (QED) is 0.930. The molecule has 3 rings (SSSR count). The van der Waals surface area contributed by atoms with E-state index < -0.39 is 0 Å². The predicted octanol–water partition coefficient (Wildman–Crippen LogP) is 3.69. The zero-order valence-corrected chi connectivity index (χ0v) is 13.0. The van der Waals surface area contributed by atoms with E-state index in [0.29, 0.717) is 12.0 Å². The Kier molecular flexibility index (Phi) is 3.93. The van der Waals surface area contributed by atoms with Gasteiger partial charge in [0.25, 0.3) is 0 Å². The molecule has 3 heteroatoms. The number of benzene rings is 1. The first-order valence-corrected chi connectivity index (χ1v) is 7.67. The van der Waals surface area contributed by atoms with Crippen molar-refractivity contribution in [2.75, 3.05) is 18.5 Å². The highest BCUT2D eigenvalue weighted by molar-refractivity contribution is 5.66. The number of nitrogens with one attached hydrogen (secondary N) is 1. The number of rotatable bonds is 3. The Balaban J connectivity index is 2.00. The summed E-state index contributed by atoms with van der Waals surface area (Å²) in [6, 6.07) is 13.3. The van der Waals surface area contributed by atoms with E-state index >= 15 is 0 Å². The van der Waals surface area contributed by atoms with Crippen LogP contribution >= 0.6 is 0 Å². The van der Waals surface area contributed by atoms with Crippen molar-refractivity contribution in [1.82, 2.24) is 10.3 Å². The number of aromatic nitrogens is 1. The molecule has 0 fully saturated rings. The van der Waals surface area contributed by atoms with Gasteiger partial charge in [-0.3, -0.25) is 0 Å². The lowest BCUT2D eigenvalue weighted by Crippen LogP contribution is -2.31. The normalized spacial score (nSPS) is 19.2. The average molecular weight is 281 g/mol. The van der Waals surface area contributed by atoms with E-state index in [1.54, 1.807) is 0 Å². The summed E-state index contributed by atoms with van der Waals surface area (Å²) in [6.45, 7) is 5.51. The lowest BCUT2D eigenvalue weighted by Gasteiger charge is -2.34. The van der Waals surface area contributed by atoms with Gasteiger partial charge in [-0.25, -0.2) is 4.98 Å². The lowest BCUT2D eigenvalue weighted by molar-refractivity contribution is 0.559. The molecule has 2 aromatic rings. The SMILES string of the molecule is CNC(C)c1ccnc(N2CC(C)Cc3ccccc32)c1. The van der Waals surface area contributed by atoms with Gasteiger partial charge in [0.2, 0.25) is 0 Å². The predicted molar refractivity (Wildman–Crippen MR) is 88.0 cm³/mol. The summed E-state index contributed by atoms with van der Waals surface area (Å²) < 4.78 is 0. The average Bonchev–Trinajstić information content (AvgIpc) is 2.53. The van der Waals surface area contributed by atoms with Crippen molar-refractivity contribution in [3.63, 3.8) is 0 Å². The van der Waals surface area contributed by atoms with Gasteiger partial charge in [0.15, 0.2) is 0 Å². The molecule has 1 N–H and O–H groups in total. The zero-order valence-electron chi connectivity index (χ0n) is 13.0. The van der Waals surface area contributed by atoms with Crippen molar-refractivity contribution in [2.45, 2.75) is 26.3 Å². The van der Waals surface area contributed by atoms with Crippen LogP contribution in [-0.2, 0) is 6.42 Å². The molecule has 0 radical (unpaired) electrons. The molecule has 1 aliphatic rings. The lowest BCUT2D eigenvalue weighted by atomic mass is 9.94. The van der Waals surface area contributed by atoms with E-state index in [4.69, 9.17) is 0 Å². The van der Waals surface area contributed by atoms with Crippen LogP contribution in [0.1, 0.15) is 31.0 Å². The van der Waals surface area contributed by atoms with E-state index in [-0.39, 0.29) is 0 Å². The molecule has 1 aromatic heterocycles. The highest BCUT2D eigenvalue weighted by atomic mass is 15.2. The molecule has 0 aliphatic carbocycles. The molecular formula is C18H23N3. The molecule has 1 aromatic carbocycles. The molecule has 110 valence electrons. The van der Waals surface area contributed by atoms with E-state index in [1.807, 2.05) is 13.2 Å². The second kappa shape index (κ2) is 5.86. The van der Waals surface area contributed by atoms with E-state index in [9.17, 15) is 0 Å². The smallest absolute Gasteiger partial charge is 0.133 e. The van der Waals surface area contributed by atoms with Crippen LogP contribution in [-0.4, -0.2) is 18.6 Å². The van der Waals surface area contributed by atoms with Gasteiger partial charge in [-0.1, -0.05) is 25.1 Å². The minimum absolute atomic E-state index is 0.337. The van der Waals surface area contributed by atoms with Gasteiger partial charge in [-0.2, -0.15) is 0 Å². The van der Waals surface area contributed by atoms with Crippen LogP contribution in [0.5, 0.6) is 0 Å². The van der Waals surface area contributed by atoms with Crippen LogP contribution in [0.15, 0.2) is 42.6 Å². The van der Waals surface area contributed by atoms with Crippen LogP contribution < -0.4 is 10.2 Å². The van der Waals surface area contributed by atoms with Crippen molar-refractivity contribution in [3.05, 3.63) is 53.7 Å². The fourth-order valence-electron chi connectivity index (χ4n) is 3.03. The standard InChI is InChI=1S/C18H23N3/c1-13-10-16-6-4-5-7-17(16)21(12-13)18-11-15(8-9-20-18)14(2)19-3/h4-9,11,13-14,19H,10,12H2,1-3H3. The van der Waals surface area contributed by atoms with E-state index in [0.717, 1.165) is 18.8 Å². The second-order valence-electron chi connectivity index (χ2n) is 6.01. The third-order valence-corrected chi connectivity index (χ3v) is 4.32. The van der Waals surface area contributed by atoms with Gasteiger partial charge in [-0.15, -0.1) is 0 Å². The molecule has 1 aliphatic heterocycles. The van der Waals surface area contributed by atoms with Crippen molar-refractivity contribution in [2.24, 2.45) is 5.92 Å². The maximum Gasteiger partial charge on any atom is 0.133 e. The minimum atomic E-state index is 0.337. The maximum absolute atomic E-state index is 4.61. The Morgan fingerprint density at radius 3 is 2.90 bits per heavy atom. The molecule has 0 saturated carbocycles. The van der Waals surface area contributed by atoms with Crippen molar-refractivity contribution < 1.29 is 0 Å². The first-order valence-electron chi connectivity index (χ1n) is 7.67. The van der Waals surface area contributed by atoms with Gasteiger partial charge in [0, 0.05) is 24.5 Å². The number of pyridine rings is 1. The minimum Gasteiger partial charge on any atom is -0.326 e. The van der Waals surface area contributed by atoms with Gasteiger partial charge >= 0.3 is 0 Å². The Morgan fingerprint density at radius 1 is 1.29 bits per heavy atom. The summed E-state index contributed by atoms with van der Waals surface area (Å²) in [5.74, 6) is 1.70. The number of hydrogen-bond acceptors (Lipinski definition) is 3. The van der Waals surface area contributed by atoms with Crippen LogP contribution in [0.2, 0.25) is 0 Å². The van der Waals surface area contributed by atoms with Crippen LogP contribution in [0.3, 0.4) is 0 Å². The van der Waals surface area contributed by atoms with Gasteiger partial charge in [0.05, 0.1) is 0 Å². The van der Waals surface area contributed by atoms with Gasteiger partial charge < -0.3 is 10.2 Å². The second-order valence-corrected chi connectivity index (χ2v) is 6.01. The highest BCUT2D eigenvalue weighted by Crippen LogP contribution is 2.34. The van der Waals surface area contributed by atoms with Crippen molar-refractivity contribution in [1.29, 1.82) is 0 Å².